The van der Waals surface area contributed by atoms with Gasteiger partial charge in [0.15, 0.2) is 17.4 Å². The monoisotopic (exact) mass is 626 g/mol. The summed E-state index contributed by atoms with van der Waals surface area (Å²) in [7, 11) is 0. The van der Waals surface area contributed by atoms with Gasteiger partial charge in [-0.1, -0.05) is 12.1 Å². The van der Waals surface area contributed by atoms with E-state index in [0.717, 1.165) is 117 Å². The highest BCUT2D eigenvalue weighted by atomic mass is 32.2. The van der Waals surface area contributed by atoms with Gasteiger partial charge in [-0.3, -0.25) is 19.7 Å². The highest BCUT2D eigenvalue weighted by molar-refractivity contribution is 7.93. The van der Waals surface area contributed by atoms with E-state index in [9.17, 15) is 4.79 Å². The molecular weight excluding hydrogens is 589 g/mol. The SMILES string of the molecule is CSOON1CCN(Cc2cc3nc(-c4cccc5[nH]ncc45)nc(N4CCN(CCCCC(=O)CO)CC4)c3s2)CC1. The summed E-state index contributed by atoms with van der Waals surface area (Å²) in [5.74, 6) is 1.64. The van der Waals surface area contributed by atoms with Crippen LogP contribution in [0.5, 0.6) is 0 Å². The van der Waals surface area contributed by atoms with Gasteiger partial charge in [0.25, 0.3) is 0 Å². The first kappa shape index (κ1) is 30.3. The molecule has 4 aromatic rings. The summed E-state index contributed by atoms with van der Waals surface area (Å²) in [5, 5.41) is 19.1. The lowest BCUT2D eigenvalue weighted by atomic mass is 10.1. The van der Waals surface area contributed by atoms with Crippen LogP contribution in [0.15, 0.2) is 30.5 Å². The number of nitrogens with one attached hydrogen (secondary N) is 1. The van der Waals surface area contributed by atoms with Gasteiger partial charge in [-0.15, -0.1) is 20.7 Å². The van der Waals surface area contributed by atoms with Gasteiger partial charge in [-0.2, -0.15) is 10.2 Å². The maximum absolute atomic E-state index is 11.4. The Bertz CT molecular complexity index is 1510. The second-order valence-corrected chi connectivity index (χ2v) is 12.5. The maximum atomic E-state index is 11.4. The number of hydroxylamine groups is 2. The normalized spacial score (nSPS) is 17.4. The van der Waals surface area contributed by atoms with E-state index in [2.05, 4.69) is 37.0 Å². The highest BCUT2D eigenvalue weighted by Gasteiger charge is 2.25. The van der Waals surface area contributed by atoms with Crippen molar-refractivity contribution in [3.8, 4) is 11.4 Å². The summed E-state index contributed by atoms with van der Waals surface area (Å²) < 4.78 is 6.16. The molecule has 0 saturated carbocycles. The molecule has 5 heterocycles. The molecule has 0 amide bonds. The molecule has 43 heavy (non-hydrogen) atoms. The molecule has 0 bridgehead atoms. The Hall–Kier alpha value is -2.69. The van der Waals surface area contributed by atoms with Crippen LogP contribution < -0.4 is 4.90 Å². The summed E-state index contributed by atoms with van der Waals surface area (Å²) in [6.07, 6.45) is 5.92. The summed E-state index contributed by atoms with van der Waals surface area (Å²) >= 11 is 2.99. The molecule has 230 valence electrons. The van der Waals surface area contributed by atoms with Crippen LogP contribution in [0.2, 0.25) is 0 Å². The number of aliphatic hydroxyl groups excluding tert-OH is 1. The molecule has 2 saturated heterocycles. The molecule has 2 N–H and O–H groups in total. The number of ketones is 1. The van der Waals surface area contributed by atoms with Crippen molar-refractivity contribution in [2.24, 2.45) is 0 Å². The molecule has 14 heteroatoms. The number of hydrogen-bond donors (Lipinski definition) is 2. The van der Waals surface area contributed by atoms with Crippen molar-refractivity contribution in [2.75, 3.05) is 76.7 Å². The number of rotatable bonds is 13. The van der Waals surface area contributed by atoms with Crippen molar-refractivity contribution in [3.05, 3.63) is 35.3 Å². The number of H-pyrrole nitrogens is 1. The van der Waals surface area contributed by atoms with E-state index in [1.165, 1.54) is 16.9 Å². The van der Waals surface area contributed by atoms with Gasteiger partial charge in [-0.25, -0.2) is 9.97 Å². The molecule has 2 aliphatic rings. The van der Waals surface area contributed by atoms with E-state index >= 15 is 0 Å². The summed E-state index contributed by atoms with van der Waals surface area (Å²) in [4.78, 5) is 35.6. The van der Waals surface area contributed by atoms with Gasteiger partial charge in [0.2, 0.25) is 0 Å². The molecule has 2 fully saturated rings. The third kappa shape index (κ3) is 7.35. The fourth-order valence-electron chi connectivity index (χ4n) is 5.72. The van der Waals surface area contributed by atoms with Crippen LogP contribution in [0.3, 0.4) is 0 Å². The number of hydrogen-bond acceptors (Lipinski definition) is 13. The van der Waals surface area contributed by atoms with Crippen molar-refractivity contribution in [1.29, 1.82) is 0 Å². The van der Waals surface area contributed by atoms with Gasteiger partial charge in [-0.05, 0) is 31.5 Å². The largest absolute Gasteiger partial charge is 0.389 e. The molecule has 0 atom stereocenters. The Balaban J connectivity index is 1.21. The van der Waals surface area contributed by atoms with Crippen molar-refractivity contribution in [2.45, 2.75) is 25.8 Å². The molecule has 0 radical (unpaired) electrons. The number of aromatic amines is 1. The Labute approximate surface area is 259 Å². The van der Waals surface area contributed by atoms with E-state index in [0.29, 0.717) is 6.42 Å². The van der Waals surface area contributed by atoms with Crippen LogP contribution >= 0.6 is 23.4 Å². The van der Waals surface area contributed by atoms with Gasteiger partial charge < -0.3 is 10.0 Å². The van der Waals surface area contributed by atoms with E-state index in [1.807, 2.05) is 29.6 Å². The molecule has 3 aromatic heterocycles. The first-order chi connectivity index (χ1) is 21.1. The Kier molecular flexibility index (Phi) is 10.2. The number of aromatic nitrogens is 4. The van der Waals surface area contributed by atoms with Gasteiger partial charge in [0.05, 0.1) is 21.9 Å². The number of nitrogens with zero attached hydrogens (tertiary/aromatic N) is 7. The lowest BCUT2D eigenvalue weighted by Gasteiger charge is -2.35. The minimum atomic E-state index is -0.354. The number of anilines is 1. The van der Waals surface area contributed by atoms with Crippen molar-refractivity contribution >= 4 is 56.1 Å². The summed E-state index contributed by atoms with van der Waals surface area (Å²) in [5.41, 5.74) is 2.92. The standard InChI is InChI=1S/C29H38N8O4S2/c1-42-41-40-37-15-11-35(12-16-37)19-22-17-26-27(43-22)29(32-28(31-26)23-6-4-7-25-24(23)18-30-33-25)36-13-9-34(10-14-36)8-3-2-5-21(39)20-38/h4,6-7,17-18,38H,2-3,5,8-16,19-20H2,1H3,(H,30,33). The molecule has 12 nitrogen and oxygen atoms in total. The molecule has 1 aromatic carbocycles. The van der Waals surface area contributed by atoms with Crippen molar-refractivity contribution in [1.82, 2.24) is 35.0 Å². The van der Waals surface area contributed by atoms with Gasteiger partial charge >= 0.3 is 0 Å². The summed E-state index contributed by atoms with van der Waals surface area (Å²) in [6.45, 7) is 8.48. The molecule has 0 spiro atoms. The zero-order valence-corrected chi connectivity index (χ0v) is 26.0. The van der Waals surface area contributed by atoms with E-state index in [-0.39, 0.29) is 12.4 Å². The smallest absolute Gasteiger partial charge is 0.162 e. The summed E-state index contributed by atoms with van der Waals surface area (Å²) in [6, 6.07) is 8.33. The number of carbonyl (C=O) groups is 1. The number of fused-ring (bicyclic) bond motifs is 2. The van der Waals surface area contributed by atoms with E-state index in [4.69, 9.17) is 24.4 Å². The number of Topliss-reactive ketones (excluding diaryl/α,β-unsaturated/α-hetero) is 1. The minimum absolute atomic E-state index is 0.0770. The van der Waals surface area contributed by atoms with Crippen LogP contribution in [-0.4, -0.2) is 118 Å². The van der Waals surface area contributed by atoms with Crippen LogP contribution in [0.4, 0.5) is 5.82 Å². The lowest BCUT2D eigenvalue weighted by molar-refractivity contribution is -0.365. The average Bonchev–Trinajstić information content (AvgIpc) is 3.69. The number of aliphatic hydroxyl groups is 1. The number of carbonyl (C=O) groups excluding carboxylic acids is 1. The Morgan fingerprint density at radius 3 is 2.67 bits per heavy atom. The lowest BCUT2D eigenvalue weighted by Crippen LogP contribution is -2.47. The maximum Gasteiger partial charge on any atom is 0.162 e. The van der Waals surface area contributed by atoms with Crippen LogP contribution in [0.25, 0.3) is 32.5 Å². The van der Waals surface area contributed by atoms with Gasteiger partial charge in [0, 0.05) is 99.4 Å². The first-order valence-electron chi connectivity index (χ1n) is 14.8. The average molecular weight is 627 g/mol. The number of thiophene rings is 1. The quantitative estimate of drug-likeness (QED) is 0.0979. The molecular formula is C29H38N8O4S2. The van der Waals surface area contributed by atoms with Gasteiger partial charge in [0.1, 0.15) is 6.61 Å². The first-order valence-corrected chi connectivity index (χ1v) is 16.8. The minimum Gasteiger partial charge on any atom is -0.389 e. The fraction of sp³-hybridized carbons (Fsp3) is 0.517. The fourth-order valence-corrected chi connectivity index (χ4v) is 7.02. The third-order valence-electron chi connectivity index (χ3n) is 8.07. The zero-order chi connectivity index (χ0) is 29.6. The van der Waals surface area contributed by atoms with Crippen LogP contribution in [0.1, 0.15) is 24.1 Å². The van der Waals surface area contributed by atoms with Crippen molar-refractivity contribution in [3.63, 3.8) is 0 Å². The Morgan fingerprint density at radius 2 is 1.88 bits per heavy atom. The third-order valence-corrected chi connectivity index (χ3v) is 9.38. The number of piperazine rings is 2. The second-order valence-electron chi connectivity index (χ2n) is 10.9. The van der Waals surface area contributed by atoms with E-state index < -0.39 is 0 Å². The second kappa shape index (κ2) is 14.4. The topological polar surface area (TPSA) is 123 Å². The predicted octanol–water partition coefficient (Wildman–Crippen LogP) is 3.35. The molecule has 0 aliphatic carbocycles. The number of benzene rings is 1. The zero-order valence-electron chi connectivity index (χ0n) is 24.4. The molecule has 6 rings (SSSR count). The predicted molar refractivity (Wildman–Crippen MR) is 170 cm³/mol. The van der Waals surface area contributed by atoms with E-state index in [1.54, 1.807) is 11.3 Å². The molecule has 2 aliphatic heterocycles. The van der Waals surface area contributed by atoms with Crippen LogP contribution in [-0.2, 0) is 20.7 Å². The van der Waals surface area contributed by atoms with Crippen LogP contribution in [0, 0.1) is 0 Å². The van der Waals surface area contributed by atoms with Crippen molar-refractivity contribution < 1.29 is 19.2 Å². The highest BCUT2D eigenvalue weighted by Crippen LogP contribution is 2.36. The molecule has 0 unspecified atom stereocenters. The number of unbranched alkanes of at least 4 members (excludes halogenated alkanes) is 1. The Morgan fingerprint density at radius 1 is 1.07 bits per heavy atom.